The Morgan fingerprint density at radius 3 is 2.64 bits per heavy atom. The Morgan fingerprint density at radius 2 is 1.93 bits per heavy atom. The Kier molecular flexibility index (Phi) is 2.23. The summed E-state index contributed by atoms with van der Waals surface area (Å²) < 4.78 is 5.31. The molecule has 70 valence electrons. The van der Waals surface area contributed by atoms with Crippen LogP contribution in [0.15, 0.2) is 47.6 Å². The zero-order chi connectivity index (χ0) is 9.97. The molecule has 14 heavy (non-hydrogen) atoms. The van der Waals surface area contributed by atoms with Crippen molar-refractivity contribution in [2.75, 3.05) is 0 Å². The van der Waals surface area contributed by atoms with Gasteiger partial charge in [-0.1, -0.05) is 30.8 Å². The van der Waals surface area contributed by atoms with Crippen LogP contribution in [0.4, 0.5) is 0 Å². The van der Waals surface area contributed by atoms with Gasteiger partial charge in [0.1, 0.15) is 5.76 Å². The first-order valence-electron chi connectivity index (χ1n) is 4.59. The Labute approximate surface area is 83.7 Å². The number of rotatable bonds is 2. The van der Waals surface area contributed by atoms with Gasteiger partial charge in [-0.05, 0) is 30.2 Å². The first kappa shape index (κ1) is 8.82. The monoisotopic (exact) mass is 184 g/mol. The molecular formula is C13H12O. The molecule has 0 unspecified atom stereocenters. The zero-order valence-corrected chi connectivity index (χ0v) is 8.16. The van der Waals surface area contributed by atoms with Crippen molar-refractivity contribution in [3.05, 3.63) is 54.5 Å². The van der Waals surface area contributed by atoms with Gasteiger partial charge in [-0.25, -0.2) is 0 Å². The normalized spacial score (nSPS) is 10.1. The molecule has 0 saturated heterocycles. The molecule has 2 rings (SSSR count). The van der Waals surface area contributed by atoms with Gasteiger partial charge < -0.3 is 4.42 Å². The first-order chi connectivity index (χ1) is 6.83. The van der Waals surface area contributed by atoms with E-state index in [-0.39, 0.29) is 0 Å². The van der Waals surface area contributed by atoms with Gasteiger partial charge in [0.2, 0.25) is 0 Å². The van der Waals surface area contributed by atoms with Gasteiger partial charge in [0, 0.05) is 5.56 Å². The molecule has 0 aliphatic heterocycles. The summed E-state index contributed by atoms with van der Waals surface area (Å²) in [5.41, 5.74) is 3.56. The molecule has 0 radical (unpaired) electrons. The molecule has 1 aromatic heterocycles. The minimum Gasteiger partial charge on any atom is -0.464 e. The van der Waals surface area contributed by atoms with Crippen LogP contribution in [-0.4, -0.2) is 0 Å². The zero-order valence-electron chi connectivity index (χ0n) is 8.16. The predicted octanol–water partition coefficient (Wildman–Crippen LogP) is 3.90. The Morgan fingerprint density at radius 1 is 1.14 bits per heavy atom. The van der Waals surface area contributed by atoms with E-state index in [4.69, 9.17) is 4.42 Å². The molecule has 0 aliphatic carbocycles. The lowest BCUT2D eigenvalue weighted by Crippen LogP contribution is -1.81. The summed E-state index contributed by atoms with van der Waals surface area (Å²) in [6.07, 6.45) is 3.43. The maximum absolute atomic E-state index is 5.31. The highest BCUT2D eigenvalue weighted by Gasteiger charge is 2.06. The van der Waals surface area contributed by atoms with Crippen molar-refractivity contribution in [3.8, 4) is 11.1 Å². The van der Waals surface area contributed by atoms with Gasteiger partial charge in [0.05, 0.1) is 6.26 Å². The van der Waals surface area contributed by atoms with Crippen molar-refractivity contribution in [3.63, 3.8) is 0 Å². The van der Waals surface area contributed by atoms with Crippen LogP contribution >= 0.6 is 0 Å². The van der Waals surface area contributed by atoms with Gasteiger partial charge >= 0.3 is 0 Å². The van der Waals surface area contributed by atoms with Crippen molar-refractivity contribution < 1.29 is 4.42 Å². The van der Waals surface area contributed by atoms with Crippen molar-refractivity contribution in [2.24, 2.45) is 0 Å². The van der Waals surface area contributed by atoms with E-state index >= 15 is 0 Å². The third-order valence-electron chi connectivity index (χ3n) is 2.32. The van der Waals surface area contributed by atoms with E-state index in [2.05, 4.69) is 25.6 Å². The van der Waals surface area contributed by atoms with Crippen molar-refractivity contribution in [2.45, 2.75) is 6.92 Å². The highest BCUT2D eigenvalue weighted by molar-refractivity contribution is 5.74. The molecule has 0 fully saturated rings. The second-order valence-electron chi connectivity index (χ2n) is 3.22. The molecule has 1 nitrogen and oxygen atoms in total. The van der Waals surface area contributed by atoms with Crippen molar-refractivity contribution in [1.82, 2.24) is 0 Å². The SMILES string of the molecule is C=Cc1occc1-c1ccccc1C. The molecule has 0 spiro atoms. The van der Waals surface area contributed by atoms with Gasteiger partial charge in [-0.15, -0.1) is 0 Å². The molecule has 2 aromatic rings. The third kappa shape index (κ3) is 1.37. The lowest BCUT2D eigenvalue weighted by molar-refractivity contribution is 0.558. The number of hydrogen-bond acceptors (Lipinski definition) is 1. The van der Waals surface area contributed by atoms with Gasteiger partial charge in [0.25, 0.3) is 0 Å². The fourth-order valence-electron chi connectivity index (χ4n) is 1.58. The summed E-state index contributed by atoms with van der Waals surface area (Å²) in [6, 6.07) is 10.2. The Hall–Kier alpha value is -1.76. The highest BCUT2D eigenvalue weighted by atomic mass is 16.3. The smallest absolute Gasteiger partial charge is 0.133 e. The van der Waals surface area contributed by atoms with Crippen LogP contribution < -0.4 is 0 Å². The van der Waals surface area contributed by atoms with E-state index in [0.29, 0.717) is 0 Å². The largest absolute Gasteiger partial charge is 0.464 e. The standard InChI is InChI=1S/C13H12O/c1-3-13-12(8-9-14-13)11-7-5-4-6-10(11)2/h3-9H,1H2,2H3. The first-order valence-corrected chi connectivity index (χ1v) is 4.59. The van der Waals surface area contributed by atoms with Crippen LogP contribution in [0.5, 0.6) is 0 Å². The lowest BCUT2D eigenvalue weighted by Gasteiger charge is -2.03. The minimum atomic E-state index is 0.833. The van der Waals surface area contributed by atoms with E-state index in [1.807, 2.05) is 18.2 Å². The summed E-state index contributed by atoms with van der Waals surface area (Å²) in [5.74, 6) is 0.833. The predicted molar refractivity (Wildman–Crippen MR) is 59.0 cm³/mol. The second-order valence-corrected chi connectivity index (χ2v) is 3.22. The topological polar surface area (TPSA) is 13.1 Å². The molecule has 0 N–H and O–H groups in total. The summed E-state index contributed by atoms with van der Waals surface area (Å²) in [7, 11) is 0. The second kappa shape index (κ2) is 3.54. The number of hydrogen-bond donors (Lipinski definition) is 0. The van der Waals surface area contributed by atoms with Crippen LogP contribution in [0.25, 0.3) is 17.2 Å². The molecule has 0 atom stereocenters. The Balaban J connectivity index is 2.60. The molecule has 0 amide bonds. The molecule has 0 bridgehead atoms. The Bertz CT molecular complexity index is 452. The van der Waals surface area contributed by atoms with Crippen LogP contribution in [0.3, 0.4) is 0 Å². The molecule has 1 heteroatoms. The van der Waals surface area contributed by atoms with Crippen LogP contribution in [-0.2, 0) is 0 Å². The maximum Gasteiger partial charge on any atom is 0.133 e. The van der Waals surface area contributed by atoms with Crippen LogP contribution in [0.2, 0.25) is 0 Å². The van der Waals surface area contributed by atoms with Crippen molar-refractivity contribution >= 4 is 6.08 Å². The fourth-order valence-corrected chi connectivity index (χ4v) is 1.58. The average Bonchev–Trinajstić information content (AvgIpc) is 2.66. The minimum absolute atomic E-state index is 0.833. The summed E-state index contributed by atoms with van der Waals surface area (Å²) in [5, 5.41) is 0. The van der Waals surface area contributed by atoms with Crippen LogP contribution in [0.1, 0.15) is 11.3 Å². The van der Waals surface area contributed by atoms with Gasteiger partial charge in [-0.2, -0.15) is 0 Å². The molecular weight excluding hydrogens is 172 g/mol. The third-order valence-corrected chi connectivity index (χ3v) is 2.32. The van der Waals surface area contributed by atoms with E-state index in [1.54, 1.807) is 12.3 Å². The summed E-state index contributed by atoms with van der Waals surface area (Å²) in [4.78, 5) is 0. The van der Waals surface area contributed by atoms with E-state index < -0.39 is 0 Å². The van der Waals surface area contributed by atoms with E-state index in [9.17, 15) is 0 Å². The molecule has 1 heterocycles. The van der Waals surface area contributed by atoms with Gasteiger partial charge in [0.15, 0.2) is 0 Å². The van der Waals surface area contributed by atoms with E-state index in [1.165, 1.54) is 11.1 Å². The van der Waals surface area contributed by atoms with E-state index in [0.717, 1.165) is 11.3 Å². The number of furan rings is 1. The number of benzene rings is 1. The maximum atomic E-state index is 5.31. The van der Waals surface area contributed by atoms with Crippen LogP contribution in [0, 0.1) is 6.92 Å². The number of aryl methyl sites for hydroxylation is 1. The summed E-state index contributed by atoms with van der Waals surface area (Å²) in [6.45, 7) is 5.82. The molecule has 0 aliphatic rings. The lowest BCUT2D eigenvalue weighted by atomic mass is 10.0. The highest BCUT2D eigenvalue weighted by Crippen LogP contribution is 2.28. The average molecular weight is 184 g/mol. The quantitative estimate of drug-likeness (QED) is 0.690. The van der Waals surface area contributed by atoms with Gasteiger partial charge in [-0.3, -0.25) is 0 Å². The fraction of sp³-hybridized carbons (Fsp3) is 0.0769. The molecule has 1 aromatic carbocycles. The van der Waals surface area contributed by atoms with Crippen molar-refractivity contribution in [1.29, 1.82) is 0 Å². The summed E-state index contributed by atoms with van der Waals surface area (Å²) >= 11 is 0. The molecule has 0 saturated carbocycles.